The van der Waals surface area contributed by atoms with E-state index in [2.05, 4.69) is 10.2 Å². The first kappa shape index (κ1) is 17.6. The maximum absolute atomic E-state index is 12.7. The topological polar surface area (TPSA) is 52.7 Å². The number of hydrogen-bond donors (Lipinski definition) is 1. The van der Waals surface area contributed by atoms with Gasteiger partial charge in [0.25, 0.3) is 0 Å². The van der Waals surface area contributed by atoms with Crippen molar-refractivity contribution in [1.82, 2.24) is 0 Å². The first-order chi connectivity index (χ1) is 13.1. The zero-order valence-electron chi connectivity index (χ0n) is 15.6. The van der Waals surface area contributed by atoms with Crippen LogP contribution in [-0.4, -0.2) is 30.9 Å². The highest BCUT2D eigenvalue weighted by atomic mass is 16.2. The Kier molecular flexibility index (Phi) is 4.84. The highest BCUT2D eigenvalue weighted by Gasteiger charge is 2.34. The molecule has 0 spiro atoms. The van der Waals surface area contributed by atoms with Crippen LogP contribution in [0.4, 0.5) is 17.1 Å². The Hall–Kier alpha value is -2.82. The molecule has 2 heterocycles. The quantitative estimate of drug-likeness (QED) is 0.830. The van der Waals surface area contributed by atoms with E-state index in [1.165, 1.54) is 24.9 Å². The van der Waals surface area contributed by atoms with Crippen LogP contribution >= 0.6 is 0 Å². The number of carbonyl (C=O) groups is 2. The van der Waals surface area contributed by atoms with Gasteiger partial charge in [-0.15, -0.1) is 0 Å². The van der Waals surface area contributed by atoms with Gasteiger partial charge in [0.05, 0.1) is 0 Å². The van der Waals surface area contributed by atoms with Crippen molar-refractivity contribution >= 4 is 28.9 Å². The van der Waals surface area contributed by atoms with Crippen LogP contribution in [0.15, 0.2) is 48.5 Å². The largest absolute Gasteiger partial charge is 0.372 e. The number of fused-ring (bicyclic) bond motifs is 1. The van der Waals surface area contributed by atoms with Gasteiger partial charge in [0.15, 0.2) is 0 Å². The molecule has 1 saturated heterocycles. The Labute approximate surface area is 160 Å². The average Bonchev–Trinajstić information content (AvgIpc) is 3.04. The smallest absolute Gasteiger partial charge is 0.316 e. The lowest BCUT2D eigenvalue weighted by molar-refractivity contribution is -0.134. The summed E-state index contributed by atoms with van der Waals surface area (Å²) in [5.74, 6) is -1.10. The van der Waals surface area contributed by atoms with Crippen LogP contribution in [0.1, 0.15) is 31.7 Å². The van der Waals surface area contributed by atoms with Crippen molar-refractivity contribution in [2.45, 2.75) is 38.6 Å². The monoisotopic (exact) mass is 363 g/mol. The van der Waals surface area contributed by atoms with E-state index in [4.69, 9.17) is 0 Å². The van der Waals surface area contributed by atoms with Crippen LogP contribution < -0.4 is 15.1 Å². The fourth-order valence-electron chi connectivity index (χ4n) is 4.08. The van der Waals surface area contributed by atoms with Crippen molar-refractivity contribution < 1.29 is 9.59 Å². The molecule has 1 fully saturated rings. The number of carbonyl (C=O) groups excluding carboxylic acids is 2. The summed E-state index contributed by atoms with van der Waals surface area (Å²) in [7, 11) is 0. The third-order valence-electron chi connectivity index (χ3n) is 5.47. The Bertz CT molecular complexity index is 841. The molecule has 4 rings (SSSR count). The molecule has 5 nitrogen and oxygen atoms in total. The van der Waals surface area contributed by atoms with Gasteiger partial charge in [0.2, 0.25) is 0 Å². The number of anilines is 3. The second-order valence-electron chi connectivity index (χ2n) is 7.41. The van der Waals surface area contributed by atoms with Gasteiger partial charge in [0, 0.05) is 36.2 Å². The summed E-state index contributed by atoms with van der Waals surface area (Å²) in [4.78, 5) is 29.2. The van der Waals surface area contributed by atoms with E-state index in [9.17, 15) is 9.59 Å². The molecule has 0 saturated carbocycles. The Morgan fingerprint density at radius 2 is 1.67 bits per heavy atom. The molecule has 140 valence electrons. The predicted molar refractivity (Wildman–Crippen MR) is 108 cm³/mol. The van der Waals surface area contributed by atoms with Crippen molar-refractivity contribution in [3.05, 3.63) is 54.1 Å². The zero-order chi connectivity index (χ0) is 18.8. The van der Waals surface area contributed by atoms with Crippen molar-refractivity contribution in [2.24, 2.45) is 0 Å². The second-order valence-corrected chi connectivity index (χ2v) is 7.41. The number of nitrogens with zero attached hydrogens (tertiary/aromatic N) is 2. The number of benzene rings is 2. The van der Waals surface area contributed by atoms with Gasteiger partial charge in [-0.2, -0.15) is 0 Å². The molecular weight excluding hydrogens is 338 g/mol. The van der Waals surface area contributed by atoms with E-state index in [1.54, 1.807) is 4.90 Å². The number of para-hydroxylation sites is 1. The lowest BCUT2D eigenvalue weighted by Gasteiger charge is -2.28. The molecule has 0 aliphatic carbocycles. The minimum Gasteiger partial charge on any atom is -0.372 e. The summed E-state index contributed by atoms with van der Waals surface area (Å²) in [6.07, 6.45) is 4.52. The number of hydrogen-bond acceptors (Lipinski definition) is 3. The number of nitrogens with one attached hydrogen (secondary N) is 1. The normalized spacial score (nSPS) is 18.9. The lowest BCUT2D eigenvalue weighted by Crippen LogP contribution is -2.43. The van der Waals surface area contributed by atoms with Crippen LogP contribution in [0.3, 0.4) is 0 Å². The van der Waals surface area contributed by atoms with Gasteiger partial charge in [0.1, 0.15) is 0 Å². The molecule has 1 atom stereocenters. The van der Waals surface area contributed by atoms with E-state index >= 15 is 0 Å². The SMILES string of the molecule is CC1Cc2ccccc2N1C(=O)C(=O)Nc1ccc(N2CCCCC2)cc1. The van der Waals surface area contributed by atoms with E-state index in [0.717, 1.165) is 30.8 Å². The summed E-state index contributed by atoms with van der Waals surface area (Å²) in [5.41, 5.74) is 3.76. The minimum absolute atomic E-state index is 0.0119. The first-order valence-electron chi connectivity index (χ1n) is 9.71. The molecule has 0 aromatic heterocycles. The highest BCUT2D eigenvalue weighted by Crippen LogP contribution is 2.32. The van der Waals surface area contributed by atoms with Gasteiger partial charge in [-0.1, -0.05) is 18.2 Å². The van der Waals surface area contributed by atoms with Gasteiger partial charge in [-0.05, 0) is 68.5 Å². The average molecular weight is 363 g/mol. The molecule has 2 amide bonds. The highest BCUT2D eigenvalue weighted by molar-refractivity contribution is 6.44. The molecule has 2 aromatic carbocycles. The first-order valence-corrected chi connectivity index (χ1v) is 9.71. The summed E-state index contributed by atoms with van der Waals surface area (Å²) < 4.78 is 0. The van der Waals surface area contributed by atoms with Crippen molar-refractivity contribution in [1.29, 1.82) is 0 Å². The fourth-order valence-corrected chi connectivity index (χ4v) is 4.08. The fraction of sp³-hybridized carbons (Fsp3) is 0.364. The second kappa shape index (κ2) is 7.43. The van der Waals surface area contributed by atoms with E-state index in [1.807, 2.05) is 55.5 Å². The summed E-state index contributed by atoms with van der Waals surface area (Å²) in [5, 5.41) is 2.75. The van der Waals surface area contributed by atoms with Crippen LogP contribution in [0.5, 0.6) is 0 Å². The molecule has 2 aliphatic rings. The summed E-state index contributed by atoms with van der Waals surface area (Å²) in [6.45, 7) is 4.13. The molecule has 1 N–H and O–H groups in total. The van der Waals surface area contributed by atoms with E-state index < -0.39 is 11.8 Å². The van der Waals surface area contributed by atoms with Crippen LogP contribution in [0, 0.1) is 0 Å². The van der Waals surface area contributed by atoms with Crippen molar-refractivity contribution in [3.8, 4) is 0 Å². The molecular formula is C22H25N3O2. The lowest BCUT2D eigenvalue weighted by atomic mass is 10.1. The maximum Gasteiger partial charge on any atom is 0.316 e. The van der Waals surface area contributed by atoms with Crippen LogP contribution in [0.25, 0.3) is 0 Å². The Morgan fingerprint density at radius 3 is 2.41 bits per heavy atom. The molecule has 0 bridgehead atoms. The summed E-state index contributed by atoms with van der Waals surface area (Å²) >= 11 is 0. The Balaban J connectivity index is 1.43. The van der Waals surface area contributed by atoms with Gasteiger partial charge < -0.3 is 15.1 Å². The maximum atomic E-state index is 12.7. The van der Waals surface area contributed by atoms with Crippen LogP contribution in [0.2, 0.25) is 0 Å². The zero-order valence-corrected chi connectivity index (χ0v) is 15.6. The third kappa shape index (κ3) is 3.54. The third-order valence-corrected chi connectivity index (χ3v) is 5.47. The number of piperidine rings is 1. The van der Waals surface area contributed by atoms with E-state index in [-0.39, 0.29) is 6.04 Å². The van der Waals surface area contributed by atoms with Gasteiger partial charge in [-0.3, -0.25) is 9.59 Å². The van der Waals surface area contributed by atoms with Crippen molar-refractivity contribution in [3.63, 3.8) is 0 Å². The standard InChI is InChI=1S/C22H25N3O2/c1-16-15-17-7-3-4-8-20(17)25(16)22(27)21(26)23-18-9-11-19(12-10-18)24-13-5-2-6-14-24/h3-4,7-12,16H,2,5-6,13-15H2,1H3,(H,23,26). The van der Waals surface area contributed by atoms with Gasteiger partial charge in [-0.25, -0.2) is 0 Å². The molecule has 27 heavy (non-hydrogen) atoms. The van der Waals surface area contributed by atoms with E-state index in [0.29, 0.717) is 5.69 Å². The molecule has 2 aromatic rings. The predicted octanol–water partition coefficient (Wildman–Crippen LogP) is 3.59. The minimum atomic E-state index is -0.593. The van der Waals surface area contributed by atoms with Gasteiger partial charge >= 0.3 is 11.8 Å². The molecule has 5 heteroatoms. The molecule has 0 radical (unpaired) electrons. The molecule has 1 unspecified atom stereocenters. The molecule has 2 aliphatic heterocycles. The number of amides is 2. The summed E-state index contributed by atoms with van der Waals surface area (Å²) in [6, 6.07) is 15.5. The van der Waals surface area contributed by atoms with Crippen molar-refractivity contribution in [2.75, 3.05) is 28.2 Å². The Morgan fingerprint density at radius 1 is 0.963 bits per heavy atom. The number of rotatable bonds is 2. The van der Waals surface area contributed by atoms with Crippen LogP contribution in [-0.2, 0) is 16.0 Å².